The smallest absolute Gasteiger partial charge is 0.251 e. The fraction of sp³-hybridized carbons (Fsp3) is 0.136. The maximum Gasteiger partial charge on any atom is 0.251 e. The Morgan fingerprint density at radius 2 is 1.93 bits per heavy atom. The van der Waals surface area contributed by atoms with E-state index in [4.69, 9.17) is 0 Å². The zero-order chi connectivity index (χ0) is 20.1. The Bertz CT molecular complexity index is 1090. The molecule has 0 aliphatic carbocycles. The van der Waals surface area contributed by atoms with E-state index in [1.807, 2.05) is 67.7 Å². The van der Waals surface area contributed by atoms with Crippen LogP contribution >= 0.6 is 23.1 Å². The summed E-state index contributed by atoms with van der Waals surface area (Å²) in [5.74, 6) is 0.741. The lowest BCUT2D eigenvalue weighted by Crippen LogP contribution is -2.22. The average Bonchev–Trinajstić information content (AvgIpc) is 3.40. The Morgan fingerprint density at radius 1 is 1.14 bits per heavy atom. The highest BCUT2D eigenvalue weighted by molar-refractivity contribution is 7.98. The third kappa shape index (κ3) is 5.13. The van der Waals surface area contributed by atoms with Gasteiger partial charge in [0.15, 0.2) is 0 Å². The number of nitrogens with zero attached hydrogens (tertiary/aromatic N) is 3. The molecule has 0 unspecified atom stereocenters. The fourth-order valence-electron chi connectivity index (χ4n) is 2.79. The second kappa shape index (κ2) is 9.07. The van der Waals surface area contributed by atoms with Crippen molar-refractivity contribution in [3.8, 4) is 5.69 Å². The molecular weight excluding hydrogens is 400 g/mol. The van der Waals surface area contributed by atoms with Crippen LogP contribution in [0.5, 0.6) is 0 Å². The lowest BCUT2D eigenvalue weighted by Gasteiger charge is -2.05. The average molecular weight is 421 g/mol. The topological polar surface area (TPSA) is 59.8 Å². The lowest BCUT2D eigenvalue weighted by molar-refractivity contribution is 0.0951. The van der Waals surface area contributed by atoms with Crippen LogP contribution in [0.15, 0.2) is 77.3 Å². The highest BCUT2D eigenvalue weighted by Crippen LogP contribution is 2.23. The van der Waals surface area contributed by atoms with Gasteiger partial charge in [0.1, 0.15) is 0 Å². The number of benzene rings is 2. The maximum atomic E-state index is 12.4. The Morgan fingerprint density at radius 3 is 2.66 bits per heavy atom. The number of para-hydroxylation sites is 1. The van der Waals surface area contributed by atoms with Crippen LogP contribution in [-0.2, 0) is 12.3 Å². The fourth-order valence-corrected chi connectivity index (χ4v) is 4.30. The Kier molecular flexibility index (Phi) is 6.07. The van der Waals surface area contributed by atoms with E-state index in [0.717, 1.165) is 32.6 Å². The van der Waals surface area contributed by atoms with Crippen LogP contribution in [-0.4, -0.2) is 20.7 Å². The maximum absolute atomic E-state index is 12.4. The van der Waals surface area contributed by atoms with Crippen molar-refractivity contribution in [2.75, 3.05) is 0 Å². The minimum absolute atomic E-state index is 0.0934. The Hall–Kier alpha value is -2.90. The normalized spacial score (nSPS) is 10.8. The number of thioether (sulfide) groups is 1. The molecule has 7 heteroatoms. The summed E-state index contributed by atoms with van der Waals surface area (Å²) in [4.78, 5) is 18.0. The van der Waals surface area contributed by atoms with Crippen LogP contribution in [0, 0.1) is 6.92 Å². The molecule has 29 heavy (non-hydrogen) atoms. The minimum Gasteiger partial charge on any atom is -0.348 e. The van der Waals surface area contributed by atoms with Crippen LogP contribution in [0.2, 0.25) is 0 Å². The molecule has 0 saturated heterocycles. The molecule has 2 aromatic heterocycles. The summed E-state index contributed by atoms with van der Waals surface area (Å²) >= 11 is 3.39. The van der Waals surface area contributed by atoms with Crippen LogP contribution < -0.4 is 5.32 Å². The largest absolute Gasteiger partial charge is 0.348 e. The number of hydrogen-bond acceptors (Lipinski definition) is 5. The van der Waals surface area contributed by atoms with E-state index < -0.39 is 0 Å². The second-order valence-corrected chi connectivity index (χ2v) is 8.59. The van der Waals surface area contributed by atoms with Gasteiger partial charge in [0.25, 0.3) is 5.91 Å². The van der Waals surface area contributed by atoms with Crippen LogP contribution in [0.3, 0.4) is 0 Å². The highest BCUT2D eigenvalue weighted by atomic mass is 32.2. The van der Waals surface area contributed by atoms with Crippen molar-refractivity contribution in [1.29, 1.82) is 0 Å². The highest BCUT2D eigenvalue weighted by Gasteiger charge is 2.08. The molecular formula is C22H20N4OS2. The SMILES string of the molecule is Cc1nc(CSc2ccc(C(=O)NCc3cnn(-c4ccccc4)c3)cc2)cs1. The summed E-state index contributed by atoms with van der Waals surface area (Å²) in [5, 5.41) is 10.5. The van der Waals surface area contributed by atoms with Gasteiger partial charge >= 0.3 is 0 Å². The Balaban J connectivity index is 1.30. The number of carbonyl (C=O) groups is 1. The van der Waals surface area contributed by atoms with Crippen LogP contribution in [0.1, 0.15) is 26.6 Å². The van der Waals surface area contributed by atoms with Gasteiger partial charge in [0.05, 0.1) is 22.6 Å². The molecule has 2 aromatic carbocycles. The molecule has 0 saturated carbocycles. The molecule has 4 aromatic rings. The van der Waals surface area contributed by atoms with Gasteiger partial charge in [-0.05, 0) is 43.3 Å². The standard InChI is InChI=1S/C22H20N4OS2/c1-16-25-19(14-28-16)15-29-21-9-7-18(8-10-21)22(27)23-11-17-12-24-26(13-17)20-5-3-2-4-6-20/h2-10,12-14H,11,15H2,1H3,(H,23,27). The Labute approximate surface area is 177 Å². The molecule has 1 amide bonds. The first-order valence-corrected chi connectivity index (χ1v) is 11.0. The molecule has 0 radical (unpaired) electrons. The van der Waals surface area contributed by atoms with E-state index in [1.54, 1.807) is 34.0 Å². The van der Waals surface area contributed by atoms with Crippen molar-refractivity contribution in [1.82, 2.24) is 20.1 Å². The van der Waals surface area contributed by atoms with Gasteiger partial charge in [0.2, 0.25) is 0 Å². The van der Waals surface area contributed by atoms with Gasteiger partial charge in [-0.2, -0.15) is 5.10 Å². The van der Waals surface area contributed by atoms with Gasteiger partial charge in [-0.3, -0.25) is 4.79 Å². The molecule has 5 nitrogen and oxygen atoms in total. The number of carbonyl (C=O) groups excluding carboxylic acids is 1. The summed E-state index contributed by atoms with van der Waals surface area (Å²) in [6, 6.07) is 17.6. The number of aromatic nitrogens is 3. The number of hydrogen-bond donors (Lipinski definition) is 1. The quantitative estimate of drug-likeness (QED) is 0.434. The van der Waals surface area contributed by atoms with E-state index in [9.17, 15) is 4.79 Å². The van der Waals surface area contributed by atoms with Crippen molar-refractivity contribution in [2.24, 2.45) is 0 Å². The van der Waals surface area contributed by atoms with Gasteiger partial charge in [-0.1, -0.05) is 18.2 Å². The van der Waals surface area contributed by atoms with Gasteiger partial charge < -0.3 is 5.32 Å². The predicted octanol–water partition coefficient (Wildman–Crippen LogP) is 4.86. The van der Waals surface area contributed by atoms with Gasteiger partial charge in [-0.25, -0.2) is 9.67 Å². The van der Waals surface area contributed by atoms with Crippen molar-refractivity contribution in [2.45, 2.75) is 24.1 Å². The summed E-state index contributed by atoms with van der Waals surface area (Å²) in [6.45, 7) is 2.45. The van der Waals surface area contributed by atoms with Crippen molar-refractivity contribution in [3.63, 3.8) is 0 Å². The molecule has 0 spiro atoms. The van der Waals surface area contributed by atoms with Crippen LogP contribution in [0.25, 0.3) is 5.69 Å². The minimum atomic E-state index is -0.0934. The lowest BCUT2D eigenvalue weighted by atomic mass is 10.2. The third-order valence-electron chi connectivity index (χ3n) is 4.28. The molecule has 2 heterocycles. The van der Waals surface area contributed by atoms with E-state index in [2.05, 4.69) is 20.8 Å². The van der Waals surface area contributed by atoms with Crippen LogP contribution in [0.4, 0.5) is 0 Å². The number of amides is 1. The third-order valence-corrected chi connectivity index (χ3v) is 6.15. The monoisotopic (exact) mass is 420 g/mol. The van der Waals surface area contributed by atoms with E-state index in [-0.39, 0.29) is 5.91 Å². The molecule has 146 valence electrons. The number of rotatable bonds is 7. The molecule has 4 rings (SSSR count). The predicted molar refractivity (Wildman–Crippen MR) is 118 cm³/mol. The van der Waals surface area contributed by atoms with Gasteiger partial charge in [-0.15, -0.1) is 23.1 Å². The molecule has 0 aliphatic heterocycles. The van der Waals surface area contributed by atoms with Crippen molar-refractivity contribution < 1.29 is 4.79 Å². The first kappa shape index (κ1) is 19.4. The first-order chi connectivity index (χ1) is 14.2. The number of thiazole rings is 1. The van der Waals surface area contributed by atoms with Crippen molar-refractivity contribution >= 4 is 29.0 Å². The zero-order valence-corrected chi connectivity index (χ0v) is 17.5. The number of nitrogens with one attached hydrogen (secondary N) is 1. The van der Waals surface area contributed by atoms with Gasteiger partial charge in [0, 0.05) is 39.9 Å². The molecule has 0 aliphatic rings. The summed E-state index contributed by atoms with van der Waals surface area (Å²) in [7, 11) is 0. The zero-order valence-electron chi connectivity index (χ0n) is 15.9. The van der Waals surface area contributed by atoms with E-state index >= 15 is 0 Å². The summed E-state index contributed by atoms with van der Waals surface area (Å²) < 4.78 is 1.80. The first-order valence-electron chi connectivity index (χ1n) is 9.18. The summed E-state index contributed by atoms with van der Waals surface area (Å²) in [6.07, 6.45) is 3.70. The van der Waals surface area contributed by atoms with Crippen molar-refractivity contribution in [3.05, 3.63) is 94.2 Å². The second-order valence-electron chi connectivity index (χ2n) is 6.48. The number of aryl methyl sites for hydroxylation is 1. The molecule has 0 atom stereocenters. The molecule has 0 bridgehead atoms. The van der Waals surface area contributed by atoms with E-state index in [0.29, 0.717) is 12.1 Å². The summed E-state index contributed by atoms with van der Waals surface area (Å²) in [5.41, 5.74) is 3.68. The molecule has 1 N–H and O–H groups in total. The van der Waals surface area contributed by atoms with E-state index in [1.165, 1.54) is 0 Å². The molecule has 0 fully saturated rings.